The van der Waals surface area contributed by atoms with Crippen molar-refractivity contribution in [2.24, 2.45) is 5.92 Å². The van der Waals surface area contributed by atoms with Crippen LogP contribution in [-0.2, 0) is 9.53 Å². The number of esters is 1. The molecule has 0 spiro atoms. The minimum Gasteiger partial charge on any atom is -0.469 e. The Morgan fingerprint density at radius 1 is 1.58 bits per heavy atom. The van der Waals surface area contributed by atoms with Gasteiger partial charge < -0.3 is 9.64 Å². The topological polar surface area (TPSA) is 29.5 Å². The zero-order chi connectivity index (χ0) is 8.27. The summed E-state index contributed by atoms with van der Waals surface area (Å²) in [5.41, 5.74) is 0. The summed E-state index contributed by atoms with van der Waals surface area (Å²) in [4.78, 5) is 13.2. The minimum atomic E-state index is -0.0587. The number of hydrogen-bond donors (Lipinski definition) is 0. The fourth-order valence-corrected chi connectivity index (χ4v) is 1.53. The molecule has 0 aromatic carbocycles. The number of rotatable bonds is 1. The number of halogens is 1. The predicted octanol–water partition coefficient (Wildman–Crippen LogP) is 0.923. The number of likely N-dealkylation sites (tertiary alicyclic amines) is 1. The average molecular weight is 194 g/mol. The third kappa shape index (κ3) is 2.99. The zero-order valence-corrected chi connectivity index (χ0v) is 8.39. The van der Waals surface area contributed by atoms with Gasteiger partial charge in [-0.25, -0.2) is 0 Å². The smallest absolute Gasteiger partial charge is 0.309 e. The highest BCUT2D eigenvalue weighted by Crippen LogP contribution is 2.15. The molecule has 1 atom stereocenters. The first-order valence-electron chi connectivity index (χ1n) is 4.00. The molecule has 0 aromatic heterocycles. The summed E-state index contributed by atoms with van der Waals surface area (Å²) in [6, 6.07) is 0. The Morgan fingerprint density at radius 2 is 2.25 bits per heavy atom. The molecule has 1 heterocycles. The highest BCUT2D eigenvalue weighted by atomic mass is 35.5. The van der Waals surface area contributed by atoms with Crippen molar-refractivity contribution in [1.29, 1.82) is 0 Å². The minimum absolute atomic E-state index is 0. The second kappa shape index (κ2) is 5.38. The van der Waals surface area contributed by atoms with E-state index in [1.54, 1.807) is 0 Å². The lowest BCUT2D eigenvalue weighted by molar-refractivity contribution is -0.147. The first-order chi connectivity index (χ1) is 5.24. The average Bonchev–Trinajstić information content (AvgIpc) is 2.03. The standard InChI is InChI=1S/C8H15NO2.ClH/c1-9-5-3-4-7(6-9)8(10)11-2;/h7H,3-6H2,1-2H3;1H. The Kier molecular flexibility index (Phi) is 5.25. The molecule has 0 saturated carbocycles. The van der Waals surface area contributed by atoms with E-state index in [0.717, 1.165) is 25.9 Å². The Bertz CT molecular complexity index is 152. The maximum atomic E-state index is 11.1. The molecule has 0 amide bonds. The van der Waals surface area contributed by atoms with Crippen LogP contribution in [-0.4, -0.2) is 38.1 Å². The summed E-state index contributed by atoms with van der Waals surface area (Å²) in [6.07, 6.45) is 2.09. The second-order valence-corrected chi connectivity index (χ2v) is 3.12. The molecular formula is C8H16ClNO2. The molecule has 0 N–H and O–H groups in total. The van der Waals surface area contributed by atoms with Gasteiger partial charge in [-0.15, -0.1) is 12.4 Å². The fourth-order valence-electron chi connectivity index (χ4n) is 1.53. The molecule has 1 aliphatic heterocycles. The van der Waals surface area contributed by atoms with Gasteiger partial charge in [-0.2, -0.15) is 0 Å². The van der Waals surface area contributed by atoms with Crippen LogP contribution in [0.3, 0.4) is 0 Å². The highest BCUT2D eigenvalue weighted by molar-refractivity contribution is 5.85. The van der Waals surface area contributed by atoms with Crippen molar-refractivity contribution >= 4 is 18.4 Å². The van der Waals surface area contributed by atoms with E-state index in [1.165, 1.54) is 7.11 Å². The molecule has 72 valence electrons. The third-order valence-corrected chi connectivity index (χ3v) is 2.16. The Balaban J connectivity index is 0.00000121. The van der Waals surface area contributed by atoms with E-state index in [0.29, 0.717) is 0 Å². The monoisotopic (exact) mass is 193 g/mol. The van der Waals surface area contributed by atoms with E-state index in [4.69, 9.17) is 0 Å². The summed E-state index contributed by atoms with van der Waals surface area (Å²) in [7, 11) is 3.49. The molecule has 1 saturated heterocycles. The van der Waals surface area contributed by atoms with Gasteiger partial charge in [-0.1, -0.05) is 0 Å². The molecule has 1 fully saturated rings. The van der Waals surface area contributed by atoms with E-state index in [-0.39, 0.29) is 24.3 Å². The number of piperidine rings is 1. The lowest BCUT2D eigenvalue weighted by Crippen LogP contribution is -2.36. The fraction of sp³-hybridized carbons (Fsp3) is 0.875. The number of methoxy groups -OCH3 is 1. The molecule has 4 heteroatoms. The molecule has 0 aliphatic carbocycles. The van der Waals surface area contributed by atoms with Gasteiger partial charge in [-0.05, 0) is 26.4 Å². The van der Waals surface area contributed by atoms with Crippen molar-refractivity contribution in [3.63, 3.8) is 0 Å². The number of carbonyl (C=O) groups is 1. The van der Waals surface area contributed by atoms with Crippen molar-refractivity contribution in [3.05, 3.63) is 0 Å². The van der Waals surface area contributed by atoms with E-state index >= 15 is 0 Å². The van der Waals surface area contributed by atoms with Crippen LogP contribution in [0, 0.1) is 5.92 Å². The van der Waals surface area contributed by atoms with Crippen LogP contribution in [0.4, 0.5) is 0 Å². The number of nitrogens with zero attached hydrogens (tertiary/aromatic N) is 1. The van der Waals surface area contributed by atoms with Gasteiger partial charge in [0.1, 0.15) is 0 Å². The molecule has 1 unspecified atom stereocenters. The number of carbonyl (C=O) groups excluding carboxylic acids is 1. The molecule has 0 radical (unpaired) electrons. The normalized spacial score (nSPS) is 24.3. The van der Waals surface area contributed by atoms with E-state index in [9.17, 15) is 4.79 Å². The Hall–Kier alpha value is -0.280. The largest absolute Gasteiger partial charge is 0.469 e. The molecule has 1 rings (SSSR count). The lowest BCUT2D eigenvalue weighted by Gasteiger charge is -2.27. The molecule has 1 aliphatic rings. The third-order valence-electron chi connectivity index (χ3n) is 2.16. The molecule has 0 aromatic rings. The van der Waals surface area contributed by atoms with Crippen molar-refractivity contribution in [1.82, 2.24) is 4.90 Å². The predicted molar refractivity (Wildman–Crippen MR) is 49.5 cm³/mol. The quantitative estimate of drug-likeness (QED) is 0.581. The van der Waals surface area contributed by atoms with E-state index in [1.807, 2.05) is 7.05 Å². The van der Waals surface area contributed by atoms with Gasteiger partial charge in [0.15, 0.2) is 0 Å². The SMILES string of the molecule is COC(=O)C1CCCN(C)C1.Cl. The van der Waals surface area contributed by atoms with Crippen LogP contribution in [0.5, 0.6) is 0 Å². The van der Waals surface area contributed by atoms with Crippen molar-refractivity contribution in [2.45, 2.75) is 12.8 Å². The number of ether oxygens (including phenoxy) is 1. The van der Waals surface area contributed by atoms with E-state index in [2.05, 4.69) is 9.64 Å². The van der Waals surface area contributed by atoms with Gasteiger partial charge in [0.2, 0.25) is 0 Å². The first-order valence-corrected chi connectivity index (χ1v) is 4.00. The van der Waals surface area contributed by atoms with Crippen LogP contribution in [0.25, 0.3) is 0 Å². The van der Waals surface area contributed by atoms with Gasteiger partial charge in [0.05, 0.1) is 13.0 Å². The molecule has 0 bridgehead atoms. The van der Waals surface area contributed by atoms with Crippen LogP contribution < -0.4 is 0 Å². The van der Waals surface area contributed by atoms with Crippen molar-refractivity contribution in [3.8, 4) is 0 Å². The van der Waals surface area contributed by atoms with Crippen LogP contribution in [0.2, 0.25) is 0 Å². The summed E-state index contributed by atoms with van der Waals surface area (Å²) in [5.74, 6) is 0.0512. The summed E-state index contributed by atoms with van der Waals surface area (Å²) >= 11 is 0. The van der Waals surface area contributed by atoms with Crippen LogP contribution >= 0.6 is 12.4 Å². The Morgan fingerprint density at radius 3 is 2.75 bits per heavy atom. The van der Waals surface area contributed by atoms with Crippen molar-refractivity contribution < 1.29 is 9.53 Å². The molecule has 12 heavy (non-hydrogen) atoms. The van der Waals surface area contributed by atoms with Gasteiger partial charge >= 0.3 is 5.97 Å². The zero-order valence-electron chi connectivity index (χ0n) is 7.58. The molecule has 3 nitrogen and oxygen atoms in total. The van der Waals surface area contributed by atoms with E-state index < -0.39 is 0 Å². The second-order valence-electron chi connectivity index (χ2n) is 3.12. The Labute approximate surface area is 79.5 Å². The first kappa shape index (κ1) is 11.7. The summed E-state index contributed by atoms with van der Waals surface area (Å²) in [6.45, 7) is 1.96. The highest BCUT2D eigenvalue weighted by Gasteiger charge is 2.23. The number of hydrogen-bond acceptors (Lipinski definition) is 3. The maximum absolute atomic E-state index is 11.1. The van der Waals surface area contributed by atoms with Gasteiger partial charge in [0, 0.05) is 6.54 Å². The summed E-state index contributed by atoms with van der Waals surface area (Å²) < 4.78 is 4.67. The lowest BCUT2D eigenvalue weighted by atomic mass is 9.99. The van der Waals surface area contributed by atoms with Gasteiger partial charge in [-0.3, -0.25) is 4.79 Å². The van der Waals surface area contributed by atoms with Crippen LogP contribution in [0.15, 0.2) is 0 Å². The maximum Gasteiger partial charge on any atom is 0.309 e. The van der Waals surface area contributed by atoms with Crippen molar-refractivity contribution in [2.75, 3.05) is 27.2 Å². The molecular weight excluding hydrogens is 178 g/mol. The van der Waals surface area contributed by atoms with Crippen LogP contribution in [0.1, 0.15) is 12.8 Å². The van der Waals surface area contributed by atoms with Gasteiger partial charge in [0.25, 0.3) is 0 Å². The summed E-state index contributed by atoms with van der Waals surface area (Å²) in [5, 5.41) is 0.